The summed E-state index contributed by atoms with van der Waals surface area (Å²) < 4.78 is 0. The maximum atomic E-state index is 3.67. The summed E-state index contributed by atoms with van der Waals surface area (Å²) in [5, 5.41) is 3.67. The molecule has 1 unspecified atom stereocenters. The van der Waals surface area contributed by atoms with Gasteiger partial charge in [0.25, 0.3) is 0 Å². The van der Waals surface area contributed by atoms with Crippen molar-refractivity contribution in [3.05, 3.63) is 41.5 Å². The fourth-order valence-corrected chi connectivity index (χ4v) is 5.75. The molecule has 1 nitrogen and oxygen atoms in total. The zero-order valence-electron chi connectivity index (χ0n) is 17.0. The zero-order chi connectivity index (χ0) is 18.1. The Morgan fingerprint density at radius 3 is 2.40 bits per heavy atom. The third-order valence-corrected chi connectivity index (χ3v) is 6.16. The standard InChI is InChI=1S/C24H37N/c1-6-9-20-14-18(12-13-25-20)21-10-7-8-11-22(21)19-15-23(2,3)17-24(4,5)16-19/h7-8,10-12,19-20,25H,6,9,13-17H2,1-5H3. The van der Waals surface area contributed by atoms with Gasteiger partial charge in [-0.3, -0.25) is 0 Å². The van der Waals surface area contributed by atoms with Crippen LogP contribution in [0.15, 0.2) is 30.3 Å². The second-order valence-corrected chi connectivity index (χ2v) is 10.0. The van der Waals surface area contributed by atoms with Crippen LogP contribution < -0.4 is 5.32 Å². The van der Waals surface area contributed by atoms with Gasteiger partial charge in [0.2, 0.25) is 0 Å². The molecule has 1 fully saturated rings. The highest BCUT2D eigenvalue weighted by Crippen LogP contribution is 2.52. The van der Waals surface area contributed by atoms with Gasteiger partial charge in [-0.15, -0.1) is 0 Å². The van der Waals surface area contributed by atoms with Crippen LogP contribution in [0.1, 0.15) is 90.2 Å². The molecule has 0 bridgehead atoms. The quantitative estimate of drug-likeness (QED) is 0.655. The van der Waals surface area contributed by atoms with E-state index in [9.17, 15) is 0 Å². The molecule has 1 N–H and O–H groups in total. The van der Waals surface area contributed by atoms with E-state index in [1.807, 2.05) is 0 Å². The molecule has 1 heterocycles. The maximum absolute atomic E-state index is 3.67. The first-order valence-electron chi connectivity index (χ1n) is 10.3. The summed E-state index contributed by atoms with van der Waals surface area (Å²) in [6.07, 6.45) is 10.1. The smallest absolute Gasteiger partial charge is 0.0143 e. The van der Waals surface area contributed by atoms with E-state index in [0.29, 0.717) is 22.8 Å². The van der Waals surface area contributed by atoms with E-state index in [-0.39, 0.29) is 0 Å². The van der Waals surface area contributed by atoms with Crippen LogP contribution in [0.5, 0.6) is 0 Å². The van der Waals surface area contributed by atoms with Gasteiger partial charge in [-0.25, -0.2) is 0 Å². The molecule has 0 spiro atoms. The largest absolute Gasteiger partial charge is 0.310 e. The van der Waals surface area contributed by atoms with Crippen LogP contribution in [0.4, 0.5) is 0 Å². The van der Waals surface area contributed by atoms with E-state index in [4.69, 9.17) is 0 Å². The monoisotopic (exact) mass is 339 g/mol. The Balaban J connectivity index is 1.90. The summed E-state index contributed by atoms with van der Waals surface area (Å²) in [6, 6.07) is 9.92. The van der Waals surface area contributed by atoms with Gasteiger partial charge in [0.1, 0.15) is 0 Å². The van der Waals surface area contributed by atoms with Gasteiger partial charge in [-0.1, -0.05) is 71.4 Å². The van der Waals surface area contributed by atoms with Crippen LogP contribution in [0.2, 0.25) is 0 Å². The molecule has 3 rings (SSSR count). The Labute approximate surface area is 155 Å². The SMILES string of the molecule is CCCC1CC(c2ccccc2C2CC(C)(C)CC(C)(C)C2)=CCN1. The molecule has 1 aromatic carbocycles. The Hall–Kier alpha value is -1.08. The second-order valence-electron chi connectivity index (χ2n) is 10.0. The molecule has 1 atom stereocenters. The highest BCUT2D eigenvalue weighted by Gasteiger charge is 2.39. The van der Waals surface area contributed by atoms with Gasteiger partial charge in [0.05, 0.1) is 0 Å². The predicted molar refractivity (Wildman–Crippen MR) is 110 cm³/mol. The number of benzene rings is 1. The molecule has 1 aliphatic heterocycles. The van der Waals surface area contributed by atoms with Crippen molar-refractivity contribution in [2.45, 2.75) is 85.1 Å². The lowest BCUT2D eigenvalue weighted by atomic mass is 9.59. The lowest BCUT2D eigenvalue weighted by Crippen LogP contribution is -2.34. The van der Waals surface area contributed by atoms with Gasteiger partial charge >= 0.3 is 0 Å². The number of rotatable bonds is 4. The minimum absolute atomic E-state index is 0.437. The van der Waals surface area contributed by atoms with Crippen LogP contribution in [-0.2, 0) is 0 Å². The molecule has 25 heavy (non-hydrogen) atoms. The summed E-state index contributed by atoms with van der Waals surface area (Å²) >= 11 is 0. The molecular formula is C24H37N. The van der Waals surface area contributed by atoms with Crippen LogP contribution in [0.3, 0.4) is 0 Å². The molecule has 2 aliphatic rings. The van der Waals surface area contributed by atoms with E-state index in [1.165, 1.54) is 44.1 Å². The van der Waals surface area contributed by atoms with Crippen molar-refractivity contribution in [3.8, 4) is 0 Å². The molecular weight excluding hydrogens is 302 g/mol. The van der Waals surface area contributed by atoms with E-state index < -0.39 is 0 Å². The van der Waals surface area contributed by atoms with E-state index in [2.05, 4.69) is 70.3 Å². The molecule has 0 aromatic heterocycles. The highest BCUT2D eigenvalue weighted by molar-refractivity contribution is 5.70. The van der Waals surface area contributed by atoms with Gasteiger partial charge in [0, 0.05) is 12.6 Å². The fourth-order valence-electron chi connectivity index (χ4n) is 5.75. The van der Waals surface area contributed by atoms with Crippen molar-refractivity contribution >= 4 is 5.57 Å². The molecule has 1 saturated carbocycles. The van der Waals surface area contributed by atoms with Crippen LogP contribution >= 0.6 is 0 Å². The molecule has 0 radical (unpaired) electrons. The van der Waals surface area contributed by atoms with E-state index in [0.717, 1.165) is 6.54 Å². The van der Waals surface area contributed by atoms with Crippen molar-refractivity contribution in [1.82, 2.24) is 5.32 Å². The Kier molecular flexibility index (Phi) is 5.44. The van der Waals surface area contributed by atoms with Crippen molar-refractivity contribution in [2.75, 3.05) is 6.54 Å². The third kappa shape index (κ3) is 4.56. The first-order chi connectivity index (χ1) is 11.8. The van der Waals surface area contributed by atoms with Crippen molar-refractivity contribution in [2.24, 2.45) is 10.8 Å². The van der Waals surface area contributed by atoms with Crippen LogP contribution in [0, 0.1) is 10.8 Å². The minimum atomic E-state index is 0.437. The molecule has 0 saturated heterocycles. The molecule has 1 aliphatic carbocycles. The third-order valence-electron chi connectivity index (χ3n) is 6.16. The summed E-state index contributed by atoms with van der Waals surface area (Å²) in [7, 11) is 0. The van der Waals surface area contributed by atoms with Crippen molar-refractivity contribution in [1.29, 1.82) is 0 Å². The van der Waals surface area contributed by atoms with Gasteiger partial charge < -0.3 is 5.32 Å². The van der Waals surface area contributed by atoms with Gasteiger partial charge in [-0.2, -0.15) is 0 Å². The first-order valence-corrected chi connectivity index (χ1v) is 10.3. The Morgan fingerprint density at radius 1 is 1.04 bits per heavy atom. The van der Waals surface area contributed by atoms with E-state index >= 15 is 0 Å². The zero-order valence-corrected chi connectivity index (χ0v) is 17.0. The lowest BCUT2D eigenvalue weighted by Gasteiger charge is -2.45. The Bertz CT molecular complexity index is 607. The molecule has 1 aromatic rings. The van der Waals surface area contributed by atoms with Crippen molar-refractivity contribution in [3.63, 3.8) is 0 Å². The summed E-state index contributed by atoms with van der Waals surface area (Å²) in [5.74, 6) is 0.690. The topological polar surface area (TPSA) is 12.0 Å². The highest BCUT2D eigenvalue weighted by atomic mass is 14.9. The number of hydrogen-bond donors (Lipinski definition) is 1. The fraction of sp³-hybridized carbons (Fsp3) is 0.667. The first kappa shape index (κ1) is 18.7. The second kappa shape index (κ2) is 7.27. The van der Waals surface area contributed by atoms with E-state index in [1.54, 1.807) is 11.1 Å². The summed E-state index contributed by atoms with van der Waals surface area (Å²) in [6.45, 7) is 13.2. The maximum Gasteiger partial charge on any atom is 0.0143 e. The molecule has 1 heteroatoms. The predicted octanol–water partition coefficient (Wildman–Crippen LogP) is 6.55. The number of nitrogens with one attached hydrogen (secondary N) is 1. The summed E-state index contributed by atoms with van der Waals surface area (Å²) in [4.78, 5) is 0. The van der Waals surface area contributed by atoms with Crippen LogP contribution in [-0.4, -0.2) is 12.6 Å². The average Bonchev–Trinajstić information content (AvgIpc) is 2.52. The average molecular weight is 340 g/mol. The Morgan fingerprint density at radius 2 is 1.72 bits per heavy atom. The number of hydrogen-bond acceptors (Lipinski definition) is 1. The van der Waals surface area contributed by atoms with Gasteiger partial charge in [-0.05, 0) is 65.6 Å². The van der Waals surface area contributed by atoms with Gasteiger partial charge in [0.15, 0.2) is 0 Å². The molecule has 138 valence electrons. The normalized spacial score (nSPS) is 26.3. The van der Waals surface area contributed by atoms with Crippen molar-refractivity contribution < 1.29 is 0 Å². The lowest BCUT2D eigenvalue weighted by molar-refractivity contribution is 0.0968. The van der Waals surface area contributed by atoms with Crippen LogP contribution in [0.25, 0.3) is 5.57 Å². The minimum Gasteiger partial charge on any atom is -0.310 e. The summed E-state index contributed by atoms with van der Waals surface area (Å²) in [5.41, 5.74) is 5.59. The molecule has 0 amide bonds.